The number of aliphatic hydroxyl groups is 1. The molecule has 2 aliphatic heterocycles. The number of piperidine rings is 1. The van der Waals surface area contributed by atoms with Gasteiger partial charge in [0.05, 0.1) is 20.8 Å². The van der Waals surface area contributed by atoms with E-state index in [-0.39, 0.29) is 11.8 Å². The molecular formula is C18H26N2O4. The number of nitrogens with zero attached hydrogens (tertiary/aromatic N) is 1. The van der Waals surface area contributed by atoms with Crippen LogP contribution in [0.5, 0.6) is 11.5 Å². The van der Waals surface area contributed by atoms with Crippen LogP contribution in [0.2, 0.25) is 0 Å². The van der Waals surface area contributed by atoms with Crippen molar-refractivity contribution >= 4 is 5.91 Å². The number of hydrogen-bond donors (Lipinski definition) is 2. The second-order valence-electron chi connectivity index (χ2n) is 6.67. The first-order chi connectivity index (χ1) is 11.5. The van der Waals surface area contributed by atoms with E-state index in [1.165, 1.54) is 0 Å². The third-order valence-corrected chi connectivity index (χ3v) is 5.07. The van der Waals surface area contributed by atoms with Crippen molar-refractivity contribution in [2.24, 2.45) is 5.92 Å². The zero-order chi connectivity index (χ0) is 17.3. The molecule has 0 spiro atoms. The van der Waals surface area contributed by atoms with Crippen molar-refractivity contribution in [3.63, 3.8) is 0 Å². The van der Waals surface area contributed by atoms with E-state index in [0.717, 1.165) is 30.5 Å². The average molecular weight is 334 g/mol. The highest BCUT2D eigenvalue weighted by atomic mass is 16.5. The van der Waals surface area contributed by atoms with Crippen LogP contribution >= 0.6 is 0 Å². The van der Waals surface area contributed by atoms with Crippen LogP contribution in [0.25, 0.3) is 0 Å². The molecule has 6 nitrogen and oxygen atoms in total. The number of rotatable bonds is 3. The van der Waals surface area contributed by atoms with Gasteiger partial charge < -0.3 is 24.8 Å². The number of ether oxygens (including phenoxy) is 2. The summed E-state index contributed by atoms with van der Waals surface area (Å²) in [6.07, 6.45) is 0.924. The van der Waals surface area contributed by atoms with Crippen LogP contribution in [0, 0.1) is 5.92 Å². The lowest BCUT2D eigenvalue weighted by molar-refractivity contribution is -0.139. The Balaban J connectivity index is 1.87. The first kappa shape index (κ1) is 17.0. The van der Waals surface area contributed by atoms with Crippen LogP contribution in [0.15, 0.2) is 12.1 Å². The Morgan fingerprint density at radius 1 is 1.29 bits per heavy atom. The Bertz CT molecular complexity index is 619. The molecule has 1 aromatic rings. The zero-order valence-electron chi connectivity index (χ0n) is 14.5. The molecule has 1 saturated heterocycles. The second-order valence-corrected chi connectivity index (χ2v) is 6.67. The molecule has 2 N–H and O–H groups in total. The number of carbonyl (C=O) groups is 1. The van der Waals surface area contributed by atoms with Crippen molar-refractivity contribution in [3.8, 4) is 11.5 Å². The van der Waals surface area contributed by atoms with Crippen LogP contribution in [0.3, 0.4) is 0 Å². The highest BCUT2D eigenvalue weighted by Crippen LogP contribution is 2.40. The smallest absolute Gasteiger partial charge is 0.226 e. The third-order valence-electron chi connectivity index (χ3n) is 5.07. The number of β-amino-alcohol motifs (C(OH)–C–C–N with tert-alkyl or cyclic N) is 1. The predicted molar refractivity (Wildman–Crippen MR) is 90.1 cm³/mol. The van der Waals surface area contributed by atoms with E-state index >= 15 is 0 Å². The highest BCUT2D eigenvalue weighted by molar-refractivity contribution is 5.79. The quantitative estimate of drug-likeness (QED) is 0.876. The van der Waals surface area contributed by atoms with Gasteiger partial charge in [0.25, 0.3) is 0 Å². The van der Waals surface area contributed by atoms with Gasteiger partial charge in [-0.3, -0.25) is 4.79 Å². The van der Waals surface area contributed by atoms with Gasteiger partial charge in [-0.1, -0.05) is 0 Å². The van der Waals surface area contributed by atoms with Gasteiger partial charge in [0.15, 0.2) is 0 Å². The van der Waals surface area contributed by atoms with Gasteiger partial charge in [-0.15, -0.1) is 0 Å². The number of fused-ring (bicyclic) bond motifs is 1. The van der Waals surface area contributed by atoms with Gasteiger partial charge in [0.1, 0.15) is 17.6 Å². The van der Waals surface area contributed by atoms with Gasteiger partial charge in [0.2, 0.25) is 5.91 Å². The van der Waals surface area contributed by atoms with E-state index in [4.69, 9.17) is 9.47 Å². The van der Waals surface area contributed by atoms with E-state index in [0.29, 0.717) is 30.6 Å². The van der Waals surface area contributed by atoms with Gasteiger partial charge in [-0.2, -0.15) is 0 Å². The second kappa shape index (κ2) is 6.99. The minimum absolute atomic E-state index is 0.0200. The highest BCUT2D eigenvalue weighted by Gasteiger charge is 2.35. The normalized spacial score (nSPS) is 26.7. The molecule has 1 unspecified atom stereocenters. The maximum Gasteiger partial charge on any atom is 0.226 e. The molecule has 0 saturated carbocycles. The van der Waals surface area contributed by atoms with Crippen LogP contribution in [-0.4, -0.2) is 49.3 Å². The van der Waals surface area contributed by atoms with Gasteiger partial charge in [-0.25, -0.2) is 0 Å². The Hall–Kier alpha value is -1.79. The third kappa shape index (κ3) is 3.08. The summed E-state index contributed by atoms with van der Waals surface area (Å²) in [5.41, 5.74) is 1.57. The molecule has 132 valence electrons. The fourth-order valence-corrected chi connectivity index (χ4v) is 3.86. The molecule has 0 bridgehead atoms. The summed E-state index contributed by atoms with van der Waals surface area (Å²) in [7, 11) is 3.19. The van der Waals surface area contributed by atoms with Gasteiger partial charge >= 0.3 is 0 Å². The molecule has 1 amide bonds. The summed E-state index contributed by atoms with van der Waals surface area (Å²) in [4.78, 5) is 14.7. The van der Waals surface area contributed by atoms with Crippen molar-refractivity contribution in [2.45, 2.75) is 38.5 Å². The molecule has 3 atom stereocenters. The molecule has 1 fully saturated rings. The lowest BCUT2D eigenvalue weighted by atomic mass is 9.89. The summed E-state index contributed by atoms with van der Waals surface area (Å²) in [5, 5.41) is 14.0. The van der Waals surface area contributed by atoms with Crippen molar-refractivity contribution < 1.29 is 19.4 Å². The minimum atomic E-state index is -0.762. The van der Waals surface area contributed by atoms with Crippen molar-refractivity contribution in [3.05, 3.63) is 23.3 Å². The first-order valence-electron chi connectivity index (χ1n) is 8.49. The Labute approximate surface area is 142 Å². The largest absolute Gasteiger partial charge is 0.496 e. The van der Waals surface area contributed by atoms with Crippen LogP contribution in [0.1, 0.15) is 37.0 Å². The minimum Gasteiger partial charge on any atom is -0.496 e. The van der Waals surface area contributed by atoms with Crippen molar-refractivity contribution in [1.29, 1.82) is 0 Å². The fourth-order valence-electron chi connectivity index (χ4n) is 3.86. The SMILES string of the molecule is COc1ccc(OC)c2c1CN(C(=O)[C@H]1CCN[C@@H](C)C1)CC2O. The molecule has 3 rings (SSSR count). The molecule has 24 heavy (non-hydrogen) atoms. The van der Waals surface area contributed by atoms with Crippen LogP contribution in [0.4, 0.5) is 0 Å². The molecule has 2 heterocycles. The first-order valence-corrected chi connectivity index (χ1v) is 8.49. The van der Waals surface area contributed by atoms with Gasteiger partial charge in [-0.05, 0) is 38.4 Å². The number of carbonyl (C=O) groups excluding carboxylic acids is 1. The van der Waals surface area contributed by atoms with E-state index in [1.807, 2.05) is 6.07 Å². The standard InChI is InChI=1S/C18H26N2O4/c1-11-8-12(6-7-19-11)18(22)20-9-13-15(23-2)4-5-16(24-3)17(13)14(21)10-20/h4-5,11-12,14,19,21H,6-10H2,1-3H3/t11-,12-,14?/m0/s1. The number of aliphatic hydroxyl groups excluding tert-OH is 1. The Morgan fingerprint density at radius 2 is 2.00 bits per heavy atom. The van der Waals surface area contributed by atoms with E-state index in [9.17, 15) is 9.90 Å². The summed E-state index contributed by atoms with van der Waals surface area (Å²) in [6, 6.07) is 3.97. The van der Waals surface area contributed by atoms with E-state index in [1.54, 1.807) is 25.2 Å². The van der Waals surface area contributed by atoms with Crippen molar-refractivity contribution in [2.75, 3.05) is 27.3 Å². The maximum atomic E-state index is 12.9. The monoisotopic (exact) mass is 334 g/mol. The molecule has 1 aromatic carbocycles. The number of hydrogen-bond acceptors (Lipinski definition) is 5. The van der Waals surface area contributed by atoms with E-state index < -0.39 is 6.10 Å². The zero-order valence-corrected chi connectivity index (χ0v) is 14.5. The number of benzene rings is 1. The van der Waals surface area contributed by atoms with Gasteiger partial charge in [0, 0.05) is 29.6 Å². The summed E-state index contributed by atoms with van der Waals surface area (Å²) >= 11 is 0. The molecule has 0 radical (unpaired) electrons. The lowest BCUT2D eigenvalue weighted by Gasteiger charge is -2.37. The number of amides is 1. The number of nitrogens with one attached hydrogen (secondary N) is 1. The number of methoxy groups -OCH3 is 2. The van der Waals surface area contributed by atoms with Crippen LogP contribution in [-0.2, 0) is 11.3 Å². The molecule has 2 aliphatic rings. The maximum absolute atomic E-state index is 12.9. The fraction of sp³-hybridized carbons (Fsp3) is 0.611. The molecule has 0 aliphatic carbocycles. The molecule has 0 aromatic heterocycles. The lowest BCUT2D eigenvalue weighted by Crippen LogP contribution is -2.46. The Kier molecular flexibility index (Phi) is 4.96. The van der Waals surface area contributed by atoms with E-state index in [2.05, 4.69) is 12.2 Å². The average Bonchev–Trinajstić information content (AvgIpc) is 2.59. The van der Waals surface area contributed by atoms with Crippen LogP contribution < -0.4 is 14.8 Å². The molecule has 6 heteroatoms. The summed E-state index contributed by atoms with van der Waals surface area (Å²) in [5.74, 6) is 1.46. The topological polar surface area (TPSA) is 71.0 Å². The summed E-state index contributed by atoms with van der Waals surface area (Å²) in [6.45, 7) is 3.72. The summed E-state index contributed by atoms with van der Waals surface area (Å²) < 4.78 is 10.8. The molecular weight excluding hydrogens is 308 g/mol. The van der Waals surface area contributed by atoms with Crippen molar-refractivity contribution in [1.82, 2.24) is 10.2 Å². The predicted octanol–water partition coefficient (Wildman–Crippen LogP) is 1.47. The Morgan fingerprint density at radius 3 is 2.67 bits per heavy atom.